The summed E-state index contributed by atoms with van der Waals surface area (Å²) < 4.78 is 28.4. The standard InChI is InChI=1S/C15H16F2N6O2/c16-15(17)1-4-22(5-2-15)11-7-10(21-23-6-3-18-12(11)23)9-8-19-14(25)20-13(9)24/h3,6-7,9H,1-2,4-5,8H2,(H2,19,20,24,25). The molecule has 0 spiro atoms. The molecular weight excluding hydrogens is 334 g/mol. The van der Waals surface area contributed by atoms with Gasteiger partial charge in [0.2, 0.25) is 5.91 Å². The molecule has 2 fully saturated rings. The van der Waals surface area contributed by atoms with Crippen LogP contribution in [0.5, 0.6) is 0 Å². The molecule has 0 aliphatic carbocycles. The minimum atomic E-state index is -2.65. The van der Waals surface area contributed by atoms with E-state index in [1.54, 1.807) is 18.5 Å². The Morgan fingerprint density at radius 3 is 2.72 bits per heavy atom. The van der Waals surface area contributed by atoms with Crippen LogP contribution in [-0.4, -0.2) is 52.1 Å². The van der Waals surface area contributed by atoms with Gasteiger partial charge in [-0.1, -0.05) is 0 Å². The van der Waals surface area contributed by atoms with Crippen molar-refractivity contribution in [2.24, 2.45) is 0 Å². The van der Waals surface area contributed by atoms with Crippen molar-refractivity contribution in [1.82, 2.24) is 25.2 Å². The van der Waals surface area contributed by atoms with E-state index in [-0.39, 0.29) is 32.5 Å². The largest absolute Gasteiger partial charge is 0.368 e. The van der Waals surface area contributed by atoms with Crippen LogP contribution in [0.4, 0.5) is 19.3 Å². The molecule has 2 aromatic heterocycles. The van der Waals surface area contributed by atoms with E-state index in [1.807, 2.05) is 4.90 Å². The smallest absolute Gasteiger partial charge is 0.321 e. The number of urea groups is 1. The molecule has 3 amide bonds. The van der Waals surface area contributed by atoms with Gasteiger partial charge >= 0.3 is 6.03 Å². The highest BCUT2D eigenvalue weighted by Crippen LogP contribution is 2.33. The summed E-state index contributed by atoms with van der Waals surface area (Å²) in [5, 5.41) is 9.16. The summed E-state index contributed by atoms with van der Waals surface area (Å²) in [6.07, 6.45) is 2.76. The van der Waals surface area contributed by atoms with E-state index in [9.17, 15) is 18.4 Å². The van der Waals surface area contributed by atoms with Crippen LogP contribution in [-0.2, 0) is 4.79 Å². The maximum atomic E-state index is 13.5. The Kier molecular flexibility index (Phi) is 3.55. The number of halogens is 2. The molecule has 0 aromatic carbocycles. The highest BCUT2D eigenvalue weighted by molar-refractivity contribution is 6.00. The first-order chi connectivity index (χ1) is 11.9. The Bertz CT molecular complexity index is 842. The lowest BCUT2D eigenvalue weighted by Gasteiger charge is -2.33. The molecule has 0 bridgehead atoms. The molecular formula is C15H16F2N6O2. The fourth-order valence-corrected chi connectivity index (χ4v) is 3.17. The molecule has 1 atom stereocenters. The SMILES string of the molecule is O=C1NCC(c2cc(N3CCC(F)(F)CC3)c3nccn3n2)C(=O)N1. The predicted octanol–water partition coefficient (Wildman–Crippen LogP) is 0.888. The number of carbonyl (C=O) groups is 2. The van der Waals surface area contributed by atoms with Crippen molar-refractivity contribution in [3.63, 3.8) is 0 Å². The first-order valence-electron chi connectivity index (χ1n) is 7.99. The second-order valence-corrected chi connectivity index (χ2v) is 6.24. The highest BCUT2D eigenvalue weighted by Gasteiger charge is 2.36. The van der Waals surface area contributed by atoms with Gasteiger partial charge in [0.15, 0.2) is 5.65 Å². The van der Waals surface area contributed by atoms with Crippen molar-refractivity contribution >= 4 is 23.3 Å². The summed E-state index contributed by atoms with van der Waals surface area (Å²) in [6.45, 7) is 0.536. The summed E-state index contributed by atoms with van der Waals surface area (Å²) >= 11 is 0. The van der Waals surface area contributed by atoms with Crippen LogP contribution in [0.25, 0.3) is 5.65 Å². The van der Waals surface area contributed by atoms with Crippen molar-refractivity contribution in [3.05, 3.63) is 24.2 Å². The first kappa shape index (κ1) is 15.7. The van der Waals surface area contributed by atoms with E-state index in [4.69, 9.17) is 0 Å². The molecule has 25 heavy (non-hydrogen) atoms. The molecule has 0 saturated carbocycles. The number of hydrogen-bond acceptors (Lipinski definition) is 5. The molecule has 4 heterocycles. The van der Waals surface area contributed by atoms with Crippen LogP contribution >= 0.6 is 0 Å². The fourth-order valence-electron chi connectivity index (χ4n) is 3.17. The van der Waals surface area contributed by atoms with Gasteiger partial charge < -0.3 is 10.2 Å². The second kappa shape index (κ2) is 5.64. The van der Waals surface area contributed by atoms with Gasteiger partial charge in [-0.2, -0.15) is 5.10 Å². The van der Waals surface area contributed by atoms with E-state index in [2.05, 4.69) is 20.7 Å². The monoisotopic (exact) mass is 350 g/mol. The molecule has 0 radical (unpaired) electrons. The van der Waals surface area contributed by atoms with Gasteiger partial charge in [0, 0.05) is 44.9 Å². The first-order valence-corrected chi connectivity index (χ1v) is 7.99. The number of anilines is 1. The topological polar surface area (TPSA) is 91.6 Å². The number of piperidine rings is 1. The summed E-state index contributed by atoms with van der Waals surface area (Å²) in [5.41, 5.74) is 1.67. The van der Waals surface area contributed by atoms with Crippen molar-refractivity contribution in [2.75, 3.05) is 24.5 Å². The third kappa shape index (κ3) is 2.87. The number of amides is 3. The lowest BCUT2D eigenvalue weighted by molar-refractivity contribution is -0.122. The normalized spacial score (nSPS) is 23.4. The van der Waals surface area contributed by atoms with Crippen molar-refractivity contribution < 1.29 is 18.4 Å². The lowest BCUT2D eigenvalue weighted by Crippen LogP contribution is -2.51. The van der Waals surface area contributed by atoms with Gasteiger partial charge in [0.05, 0.1) is 17.3 Å². The van der Waals surface area contributed by atoms with Crippen LogP contribution in [0, 0.1) is 0 Å². The minimum Gasteiger partial charge on any atom is -0.368 e. The number of aromatic nitrogens is 3. The number of imide groups is 1. The number of imidazole rings is 1. The van der Waals surface area contributed by atoms with Crippen LogP contribution < -0.4 is 15.5 Å². The van der Waals surface area contributed by atoms with Gasteiger partial charge in [0.25, 0.3) is 5.92 Å². The Balaban J connectivity index is 1.71. The second-order valence-electron chi connectivity index (χ2n) is 6.24. The highest BCUT2D eigenvalue weighted by atomic mass is 19.3. The molecule has 4 rings (SSSR count). The molecule has 2 aliphatic heterocycles. The fraction of sp³-hybridized carbons (Fsp3) is 0.467. The number of rotatable bonds is 2. The van der Waals surface area contributed by atoms with Crippen molar-refractivity contribution in [1.29, 1.82) is 0 Å². The molecule has 2 N–H and O–H groups in total. The predicted molar refractivity (Wildman–Crippen MR) is 83.7 cm³/mol. The zero-order valence-corrected chi connectivity index (χ0v) is 13.2. The maximum absolute atomic E-state index is 13.5. The van der Waals surface area contributed by atoms with E-state index < -0.39 is 23.8 Å². The van der Waals surface area contributed by atoms with Gasteiger partial charge in [-0.15, -0.1) is 0 Å². The number of nitrogens with one attached hydrogen (secondary N) is 2. The summed E-state index contributed by atoms with van der Waals surface area (Å²) in [6, 6.07) is 1.16. The molecule has 132 valence electrons. The maximum Gasteiger partial charge on any atom is 0.321 e. The Morgan fingerprint density at radius 2 is 2.00 bits per heavy atom. The molecule has 1 unspecified atom stereocenters. The van der Waals surface area contributed by atoms with Crippen LogP contribution in [0.2, 0.25) is 0 Å². The number of hydrogen-bond donors (Lipinski definition) is 2. The summed E-state index contributed by atoms with van der Waals surface area (Å²) in [4.78, 5) is 29.4. The lowest BCUT2D eigenvalue weighted by atomic mass is 10.0. The Morgan fingerprint density at radius 1 is 1.24 bits per heavy atom. The van der Waals surface area contributed by atoms with Crippen LogP contribution in [0.1, 0.15) is 24.5 Å². The van der Waals surface area contributed by atoms with Gasteiger partial charge in [-0.25, -0.2) is 23.1 Å². The molecule has 10 heteroatoms. The average molecular weight is 350 g/mol. The molecule has 2 saturated heterocycles. The average Bonchev–Trinajstić information content (AvgIpc) is 3.02. The van der Waals surface area contributed by atoms with E-state index in [0.29, 0.717) is 17.0 Å². The Hall–Kier alpha value is -2.78. The molecule has 2 aliphatic rings. The summed E-state index contributed by atoms with van der Waals surface area (Å²) in [5.74, 6) is -3.73. The third-order valence-corrected chi connectivity index (χ3v) is 4.57. The van der Waals surface area contributed by atoms with E-state index in [1.165, 1.54) is 4.52 Å². The zero-order chi connectivity index (χ0) is 17.6. The van der Waals surface area contributed by atoms with Crippen LogP contribution in [0.15, 0.2) is 18.5 Å². The zero-order valence-electron chi connectivity index (χ0n) is 13.2. The number of alkyl halides is 2. The van der Waals surface area contributed by atoms with Gasteiger partial charge in [-0.05, 0) is 6.07 Å². The van der Waals surface area contributed by atoms with Crippen molar-refractivity contribution in [2.45, 2.75) is 24.7 Å². The van der Waals surface area contributed by atoms with Gasteiger partial charge in [0.1, 0.15) is 0 Å². The number of nitrogens with zero attached hydrogens (tertiary/aromatic N) is 4. The Labute approximate surface area is 141 Å². The van der Waals surface area contributed by atoms with E-state index >= 15 is 0 Å². The number of fused-ring (bicyclic) bond motifs is 1. The number of carbonyl (C=O) groups excluding carboxylic acids is 2. The van der Waals surface area contributed by atoms with E-state index in [0.717, 1.165) is 0 Å². The molecule has 2 aromatic rings. The molecule has 8 nitrogen and oxygen atoms in total. The van der Waals surface area contributed by atoms with Gasteiger partial charge in [-0.3, -0.25) is 10.1 Å². The summed E-state index contributed by atoms with van der Waals surface area (Å²) in [7, 11) is 0. The quantitative estimate of drug-likeness (QED) is 0.839. The van der Waals surface area contributed by atoms with Crippen molar-refractivity contribution in [3.8, 4) is 0 Å². The minimum absolute atomic E-state index is 0.134. The third-order valence-electron chi connectivity index (χ3n) is 4.57. The van der Waals surface area contributed by atoms with Crippen LogP contribution in [0.3, 0.4) is 0 Å².